The molecule has 0 saturated heterocycles. The largest absolute Gasteiger partial charge is 0.486 e. The van der Waals surface area contributed by atoms with Crippen LogP contribution in [0.2, 0.25) is 0 Å². The van der Waals surface area contributed by atoms with Crippen molar-refractivity contribution in [2.24, 2.45) is 0 Å². The summed E-state index contributed by atoms with van der Waals surface area (Å²) >= 11 is 1.16. The summed E-state index contributed by atoms with van der Waals surface area (Å²) in [6.45, 7) is 3.02. The topological polar surface area (TPSA) is 84.9 Å². The Bertz CT molecular complexity index is 1270. The summed E-state index contributed by atoms with van der Waals surface area (Å²) in [6, 6.07) is 15.3. The second kappa shape index (κ2) is 8.81. The number of nitrogens with zero attached hydrogens (tertiary/aromatic N) is 1. The molecule has 2 aliphatic heterocycles. The van der Waals surface area contributed by atoms with E-state index < -0.39 is 16.1 Å². The van der Waals surface area contributed by atoms with E-state index in [2.05, 4.69) is 5.32 Å². The Hall–Kier alpha value is -2.88. The summed E-state index contributed by atoms with van der Waals surface area (Å²) in [5.74, 6) is 1.00. The van der Waals surface area contributed by atoms with Gasteiger partial charge in [0.05, 0.1) is 6.04 Å². The van der Waals surface area contributed by atoms with Crippen LogP contribution in [0.15, 0.2) is 64.2 Å². The normalized spacial score (nSPS) is 18.9. The lowest BCUT2D eigenvalue weighted by Gasteiger charge is -2.35. The maximum atomic E-state index is 13.4. The quantitative estimate of drug-likeness (QED) is 0.599. The minimum atomic E-state index is -3.81. The van der Waals surface area contributed by atoms with Gasteiger partial charge in [-0.25, -0.2) is 8.42 Å². The number of carbonyl (C=O) groups is 1. The van der Waals surface area contributed by atoms with Crippen molar-refractivity contribution in [2.45, 2.75) is 36.2 Å². The van der Waals surface area contributed by atoms with Gasteiger partial charge in [-0.1, -0.05) is 36.4 Å². The van der Waals surface area contributed by atoms with Crippen molar-refractivity contribution in [2.75, 3.05) is 13.2 Å². The molecule has 5 rings (SSSR count). The highest BCUT2D eigenvalue weighted by molar-refractivity contribution is 7.91. The highest BCUT2D eigenvalue weighted by atomic mass is 32.2. The molecule has 33 heavy (non-hydrogen) atoms. The molecule has 1 amide bonds. The Morgan fingerprint density at radius 2 is 1.82 bits per heavy atom. The molecule has 0 saturated carbocycles. The van der Waals surface area contributed by atoms with E-state index >= 15 is 0 Å². The van der Waals surface area contributed by atoms with Crippen LogP contribution >= 0.6 is 11.3 Å². The Balaban J connectivity index is 1.42. The van der Waals surface area contributed by atoms with E-state index in [1.54, 1.807) is 17.5 Å². The van der Waals surface area contributed by atoms with E-state index in [9.17, 15) is 13.2 Å². The molecule has 2 unspecified atom stereocenters. The predicted octanol–water partition coefficient (Wildman–Crippen LogP) is 3.51. The van der Waals surface area contributed by atoms with Crippen LogP contribution in [0.25, 0.3) is 0 Å². The number of sulfonamides is 1. The first-order valence-electron chi connectivity index (χ1n) is 10.8. The zero-order valence-electron chi connectivity index (χ0n) is 18.1. The van der Waals surface area contributed by atoms with Gasteiger partial charge < -0.3 is 14.8 Å². The van der Waals surface area contributed by atoms with Gasteiger partial charge in [0.1, 0.15) is 23.5 Å². The monoisotopic (exact) mass is 484 g/mol. The molecule has 7 nitrogen and oxygen atoms in total. The first-order chi connectivity index (χ1) is 15.9. The van der Waals surface area contributed by atoms with Crippen LogP contribution in [0.3, 0.4) is 0 Å². The lowest BCUT2D eigenvalue weighted by atomic mass is 9.95. The number of thiophene rings is 1. The molecular formula is C24H24N2O5S2. The standard InChI is InChI=1S/C24H24N2O5S2/c1-16(17-8-9-21-22(14-17)31-11-10-30-21)25-24(27)20-13-18-5-2-3-6-19(18)15-26(20)33(28,29)23-7-4-12-32-23/h2-9,12,14,16,20H,10-11,13,15H2,1H3,(H,25,27). The van der Waals surface area contributed by atoms with Crippen LogP contribution in [0.1, 0.15) is 29.7 Å². The SMILES string of the molecule is CC(NC(=O)C1Cc2ccccc2CN1S(=O)(=O)c1cccs1)c1ccc2c(c1)OCCO2. The van der Waals surface area contributed by atoms with Gasteiger partial charge in [0.2, 0.25) is 5.91 Å². The van der Waals surface area contributed by atoms with E-state index in [0.29, 0.717) is 31.1 Å². The lowest BCUT2D eigenvalue weighted by molar-refractivity contribution is -0.125. The molecule has 1 aromatic heterocycles. The second-order valence-corrected chi connectivity index (χ2v) is 11.2. The number of hydrogen-bond acceptors (Lipinski definition) is 6. The van der Waals surface area contributed by atoms with E-state index in [-0.39, 0.29) is 22.7 Å². The molecule has 0 aliphatic carbocycles. The number of nitrogens with one attached hydrogen (secondary N) is 1. The fourth-order valence-corrected chi connectivity index (χ4v) is 6.91. The summed E-state index contributed by atoms with van der Waals surface area (Å²) in [5, 5.41) is 4.74. The number of rotatable bonds is 5. The van der Waals surface area contributed by atoms with Gasteiger partial charge in [-0.3, -0.25) is 4.79 Å². The van der Waals surface area contributed by atoms with Crippen LogP contribution in [0.5, 0.6) is 11.5 Å². The molecule has 0 spiro atoms. The molecule has 3 heterocycles. The molecule has 2 aromatic carbocycles. The van der Waals surface area contributed by atoms with Gasteiger partial charge in [0.15, 0.2) is 11.5 Å². The van der Waals surface area contributed by atoms with Crippen molar-refractivity contribution in [3.63, 3.8) is 0 Å². The summed E-state index contributed by atoms with van der Waals surface area (Å²) in [5.41, 5.74) is 2.76. The molecule has 2 atom stereocenters. The zero-order chi connectivity index (χ0) is 23.0. The summed E-state index contributed by atoms with van der Waals surface area (Å²) in [7, 11) is -3.81. The molecule has 3 aromatic rings. The molecule has 9 heteroatoms. The van der Waals surface area contributed by atoms with Crippen molar-refractivity contribution in [1.29, 1.82) is 0 Å². The molecule has 0 fully saturated rings. The van der Waals surface area contributed by atoms with Crippen LogP contribution in [-0.2, 0) is 27.8 Å². The van der Waals surface area contributed by atoms with E-state index in [1.165, 1.54) is 4.31 Å². The third kappa shape index (κ3) is 4.23. The fourth-order valence-electron chi connectivity index (χ4n) is 4.22. The van der Waals surface area contributed by atoms with E-state index in [4.69, 9.17) is 9.47 Å². The first kappa shape index (κ1) is 21.9. The number of ether oxygens (including phenoxy) is 2. The summed E-state index contributed by atoms with van der Waals surface area (Å²) in [4.78, 5) is 13.4. The lowest BCUT2D eigenvalue weighted by Crippen LogP contribution is -2.52. The number of fused-ring (bicyclic) bond motifs is 2. The van der Waals surface area contributed by atoms with Crippen LogP contribution < -0.4 is 14.8 Å². The van der Waals surface area contributed by atoms with Crippen molar-refractivity contribution in [1.82, 2.24) is 9.62 Å². The highest BCUT2D eigenvalue weighted by Crippen LogP contribution is 2.34. The number of benzene rings is 2. The Morgan fingerprint density at radius 1 is 1.06 bits per heavy atom. The number of carbonyl (C=O) groups excluding carboxylic acids is 1. The van der Waals surface area contributed by atoms with Gasteiger partial charge >= 0.3 is 0 Å². The fraction of sp³-hybridized carbons (Fsp3) is 0.292. The third-order valence-electron chi connectivity index (χ3n) is 5.99. The molecule has 1 N–H and O–H groups in total. The van der Waals surface area contributed by atoms with Crippen LogP contribution in [0, 0.1) is 0 Å². The minimum absolute atomic E-state index is 0.160. The van der Waals surface area contributed by atoms with Gasteiger partial charge in [-0.05, 0) is 53.6 Å². The average molecular weight is 485 g/mol. The van der Waals surface area contributed by atoms with Crippen molar-refractivity contribution >= 4 is 27.3 Å². The molecule has 0 bridgehead atoms. The molecule has 172 valence electrons. The first-order valence-corrected chi connectivity index (χ1v) is 13.1. The Morgan fingerprint density at radius 3 is 2.58 bits per heavy atom. The Kier molecular flexibility index (Phi) is 5.86. The van der Waals surface area contributed by atoms with Gasteiger partial charge in [-0.15, -0.1) is 11.3 Å². The van der Waals surface area contributed by atoms with E-state index in [0.717, 1.165) is 28.0 Å². The zero-order valence-corrected chi connectivity index (χ0v) is 19.7. The maximum absolute atomic E-state index is 13.4. The van der Waals surface area contributed by atoms with Gasteiger partial charge in [0, 0.05) is 6.54 Å². The molecule has 2 aliphatic rings. The number of amides is 1. The van der Waals surface area contributed by atoms with Crippen molar-refractivity contribution < 1.29 is 22.7 Å². The van der Waals surface area contributed by atoms with Gasteiger partial charge in [0.25, 0.3) is 10.0 Å². The highest BCUT2D eigenvalue weighted by Gasteiger charge is 2.40. The van der Waals surface area contributed by atoms with Crippen molar-refractivity contribution in [3.8, 4) is 11.5 Å². The molecule has 0 radical (unpaired) electrons. The smallest absolute Gasteiger partial charge is 0.253 e. The maximum Gasteiger partial charge on any atom is 0.253 e. The average Bonchev–Trinajstić information content (AvgIpc) is 3.39. The summed E-state index contributed by atoms with van der Waals surface area (Å²) in [6.07, 6.45) is 0.320. The van der Waals surface area contributed by atoms with Gasteiger partial charge in [-0.2, -0.15) is 4.31 Å². The third-order valence-corrected chi connectivity index (χ3v) is 9.22. The predicted molar refractivity (Wildman–Crippen MR) is 125 cm³/mol. The van der Waals surface area contributed by atoms with Crippen LogP contribution in [0.4, 0.5) is 0 Å². The second-order valence-electron chi connectivity index (χ2n) is 8.10. The minimum Gasteiger partial charge on any atom is -0.486 e. The Labute approximate surface area is 197 Å². The van der Waals surface area contributed by atoms with E-state index in [1.807, 2.05) is 49.4 Å². The number of hydrogen-bond donors (Lipinski definition) is 1. The molecular weight excluding hydrogens is 460 g/mol. The summed E-state index contributed by atoms with van der Waals surface area (Å²) < 4.78 is 39.6. The van der Waals surface area contributed by atoms with Crippen LogP contribution in [-0.4, -0.2) is 37.9 Å². The van der Waals surface area contributed by atoms with Crippen molar-refractivity contribution in [3.05, 3.63) is 76.7 Å².